The smallest absolute Gasteiger partial charge is 0.242 e. The summed E-state index contributed by atoms with van der Waals surface area (Å²) in [5.74, 6) is 0.774. The summed E-state index contributed by atoms with van der Waals surface area (Å²) >= 11 is 0. The second-order valence-electron chi connectivity index (χ2n) is 5.23. The molecule has 0 unspecified atom stereocenters. The summed E-state index contributed by atoms with van der Waals surface area (Å²) in [6.07, 6.45) is 2.31. The molecule has 0 aliphatic heterocycles. The summed E-state index contributed by atoms with van der Waals surface area (Å²) in [5.41, 5.74) is 0.884. The number of benzene rings is 1. The molecule has 1 saturated carbocycles. The Balaban J connectivity index is 2.15. The van der Waals surface area contributed by atoms with Crippen LogP contribution in [0.4, 0.5) is 5.69 Å². The van der Waals surface area contributed by atoms with Gasteiger partial charge < -0.3 is 5.32 Å². The average Bonchev–Trinajstić information content (AvgIpc) is 2.27. The fourth-order valence-electron chi connectivity index (χ4n) is 2.21. The molecule has 4 nitrogen and oxygen atoms in total. The lowest BCUT2D eigenvalue weighted by atomic mass is 9.82. The molecule has 100 valence electrons. The van der Waals surface area contributed by atoms with Crippen molar-refractivity contribution in [3.63, 3.8) is 0 Å². The highest BCUT2D eigenvalue weighted by molar-refractivity contribution is 7.89. The van der Waals surface area contributed by atoms with Crippen molar-refractivity contribution in [3.05, 3.63) is 24.3 Å². The van der Waals surface area contributed by atoms with Gasteiger partial charge in [0.05, 0.1) is 4.90 Å². The minimum atomic E-state index is -3.34. The van der Waals surface area contributed by atoms with E-state index in [-0.39, 0.29) is 0 Å². The minimum Gasteiger partial charge on any atom is -0.382 e. The van der Waals surface area contributed by atoms with Gasteiger partial charge in [-0.25, -0.2) is 12.7 Å². The summed E-state index contributed by atoms with van der Waals surface area (Å²) < 4.78 is 25.2. The van der Waals surface area contributed by atoms with Crippen molar-refractivity contribution in [3.8, 4) is 0 Å². The van der Waals surface area contributed by atoms with Crippen LogP contribution in [0.5, 0.6) is 0 Å². The molecule has 0 amide bonds. The first-order chi connectivity index (χ1) is 8.39. The van der Waals surface area contributed by atoms with Gasteiger partial charge in [-0.15, -0.1) is 0 Å². The van der Waals surface area contributed by atoms with Gasteiger partial charge >= 0.3 is 0 Å². The van der Waals surface area contributed by atoms with Crippen LogP contribution in [0.3, 0.4) is 0 Å². The van der Waals surface area contributed by atoms with Gasteiger partial charge in [0.25, 0.3) is 0 Å². The minimum absolute atomic E-state index is 0.338. The second-order valence-corrected chi connectivity index (χ2v) is 7.38. The Bertz CT molecular complexity index is 520. The van der Waals surface area contributed by atoms with Crippen molar-refractivity contribution in [1.82, 2.24) is 4.31 Å². The zero-order valence-corrected chi connectivity index (χ0v) is 11.9. The van der Waals surface area contributed by atoms with Crippen LogP contribution in [-0.4, -0.2) is 32.9 Å². The molecule has 0 bridgehead atoms. The predicted molar refractivity (Wildman–Crippen MR) is 73.1 cm³/mol. The first-order valence-electron chi connectivity index (χ1n) is 6.18. The largest absolute Gasteiger partial charge is 0.382 e. The Morgan fingerprint density at radius 1 is 1.28 bits per heavy atom. The molecule has 0 aromatic heterocycles. The maximum Gasteiger partial charge on any atom is 0.242 e. The predicted octanol–water partition coefficient (Wildman–Crippen LogP) is 2.15. The van der Waals surface area contributed by atoms with Gasteiger partial charge in [0.15, 0.2) is 0 Å². The zero-order valence-electron chi connectivity index (χ0n) is 11.1. The maximum absolute atomic E-state index is 12.0. The number of sulfonamides is 1. The van der Waals surface area contributed by atoms with E-state index in [2.05, 4.69) is 12.2 Å². The monoisotopic (exact) mass is 268 g/mol. The topological polar surface area (TPSA) is 49.4 Å². The standard InChI is InChI=1S/C13H20N2O2S/c1-10-7-12(8-10)14-11-5-4-6-13(9-11)18(16,17)15(2)3/h4-6,9-10,12,14H,7-8H2,1-3H3. The number of anilines is 1. The van der Waals surface area contributed by atoms with Gasteiger partial charge in [-0.3, -0.25) is 0 Å². The van der Waals surface area contributed by atoms with Crippen LogP contribution >= 0.6 is 0 Å². The van der Waals surface area contributed by atoms with Crippen molar-refractivity contribution in [2.45, 2.75) is 30.7 Å². The highest BCUT2D eigenvalue weighted by atomic mass is 32.2. The third-order valence-corrected chi connectivity index (χ3v) is 5.17. The number of hydrogen-bond donors (Lipinski definition) is 1. The van der Waals surface area contributed by atoms with E-state index < -0.39 is 10.0 Å². The molecule has 0 atom stereocenters. The summed E-state index contributed by atoms with van der Waals surface area (Å²) in [5, 5.41) is 3.38. The molecule has 1 aliphatic carbocycles. The van der Waals surface area contributed by atoms with Crippen LogP contribution < -0.4 is 5.32 Å². The van der Waals surface area contributed by atoms with E-state index in [1.54, 1.807) is 32.3 Å². The summed E-state index contributed by atoms with van der Waals surface area (Å²) in [6, 6.07) is 7.51. The first-order valence-corrected chi connectivity index (χ1v) is 7.62. The fraction of sp³-hybridized carbons (Fsp3) is 0.538. The number of nitrogens with one attached hydrogen (secondary N) is 1. The molecular weight excluding hydrogens is 248 g/mol. The summed E-state index contributed by atoms with van der Waals surface area (Å²) in [6.45, 7) is 2.23. The summed E-state index contributed by atoms with van der Waals surface area (Å²) in [7, 11) is -0.252. The third kappa shape index (κ3) is 2.67. The normalized spacial score (nSPS) is 23.8. The van der Waals surface area contributed by atoms with E-state index in [1.807, 2.05) is 6.07 Å². The van der Waals surface area contributed by atoms with E-state index in [9.17, 15) is 8.42 Å². The molecule has 1 fully saturated rings. The molecule has 1 aromatic carbocycles. The van der Waals surface area contributed by atoms with Gasteiger partial charge in [-0.05, 0) is 37.0 Å². The van der Waals surface area contributed by atoms with E-state index >= 15 is 0 Å². The van der Waals surface area contributed by atoms with Crippen molar-refractivity contribution < 1.29 is 8.42 Å². The second kappa shape index (κ2) is 4.90. The molecule has 1 aromatic rings. The average molecular weight is 268 g/mol. The van der Waals surface area contributed by atoms with Gasteiger partial charge in [0.1, 0.15) is 0 Å². The Hall–Kier alpha value is -1.07. The van der Waals surface area contributed by atoms with E-state index in [0.717, 1.165) is 24.4 Å². The van der Waals surface area contributed by atoms with Crippen LogP contribution in [0, 0.1) is 5.92 Å². The number of nitrogens with zero attached hydrogens (tertiary/aromatic N) is 1. The Labute approximate surface area is 109 Å². The van der Waals surface area contributed by atoms with Crippen molar-refractivity contribution in [2.24, 2.45) is 5.92 Å². The zero-order chi connectivity index (χ0) is 13.3. The van der Waals surface area contributed by atoms with Crippen molar-refractivity contribution >= 4 is 15.7 Å². The Kier molecular flexibility index (Phi) is 3.64. The van der Waals surface area contributed by atoms with Gasteiger partial charge in [-0.2, -0.15) is 0 Å². The molecular formula is C13H20N2O2S. The van der Waals surface area contributed by atoms with Gasteiger partial charge in [0, 0.05) is 25.8 Å². The highest BCUT2D eigenvalue weighted by Crippen LogP contribution is 2.30. The molecule has 0 heterocycles. The number of hydrogen-bond acceptors (Lipinski definition) is 3. The third-order valence-electron chi connectivity index (χ3n) is 3.36. The lowest BCUT2D eigenvalue weighted by Gasteiger charge is -2.34. The summed E-state index contributed by atoms with van der Waals surface area (Å²) in [4.78, 5) is 0.338. The van der Waals surface area contributed by atoms with Crippen LogP contribution in [0.1, 0.15) is 19.8 Å². The molecule has 0 saturated heterocycles. The van der Waals surface area contributed by atoms with Crippen LogP contribution in [0.2, 0.25) is 0 Å². The van der Waals surface area contributed by atoms with E-state index in [4.69, 9.17) is 0 Å². The molecule has 18 heavy (non-hydrogen) atoms. The van der Waals surface area contributed by atoms with Crippen LogP contribution in [-0.2, 0) is 10.0 Å². The quantitative estimate of drug-likeness (QED) is 0.910. The molecule has 1 aliphatic rings. The van der Waals surface area contributed by atoms with Crippen LogP contribution in [0.25, 0.3) is 0 Å². The van der Waals surface area contributed by atoms with Crippen molar-refractivity contribution in [1.29, 1.82) is 0 Å². The van der Waals surface area contributed by atoms with E-state index in [0.29, 0.717) is 10.9 Å². The Morgan fingerprint density at radius 2 is 1.94 bits per heavy atom. The fourth-order valence-corrected chi connectivity index (χ4v) is 3.16. The van der Waals surface area contributed by atoms with Gasteiger partial charge in [-0.1, -0.05) is 13.0 Å². The van der Waals surface area contributed by atoms with Gasteiger partial charge in [0.2, 0.25) is 10.0 Å². The first kappa shape index (κ1) is 13.4. The molecule has 1 N–H and O–H groups in total. The molecule has 0 spiro atoms. The SMILES string of the molecule is CC1CC(Nc2cccc(S(=O)(=O)N(C)C)c2)C1. The lowest BCUT2D eigenvalue weighted by molar-refractivity contribution is 0.309. The highest BCUT2D eigenvalue weighted by Gasteiger charge is 2.25. The van der Waals surface area contributed by atoms with Crippen LogP contribution in [0.15, 0.2) is 29.2 Å². The van der Waals surface area contributed by atoms with Crippen molar-refractivity contribution in [2.75, 3.05) is 19.4 Å². The Morgan fingerprint density at radius 3 is 2.50 bits per heavy atom. The lowest BCUT2D eigenvalue weighted by Crippen LogP contribution is -2.33. The number of rotatable bonds is 4. The molecule has 2 rings (SSSR count). The molecule has 5 heteroatoms. The van der Waals surface area contributed by atoms with E-state index in [1.165, 1.54) is 4.31 Å². The maximum atomic E-state index is 12.0. The molecule has 0 radical (unpaired) electrons.